The summed E-state index contributed by atoms with van der Waals surface area (Å²) in [5, 5.41) is 5.08. The fourth-order valence-corrected chi connectivity index (χ4v) is 3.19. The lowest BCUT2D eigenvalue weighted by molar-refractivity contribution is 0.230. The highest BCUT2D eigenvalue weighted by molar-refractivity contribution is 7.14. The van der Waals surface area contributed by atoms with Gasteiger partial charge in [-0.25, -0.2) is 4.98 Å². The van der Waals surface area contributed by atoms with Gasteiger partial charge in [0.2, 0.25) is 0 Å². The Kier molecular flexibility index (Phi) is 3.14. The van der Waals surface area contributed by atoms with Crippen LogP contribution in [0.5, 0.6) is 0 Å². The number of aromatic nitrogens is 3. The van der Waals surface area contributed by atoms with Crippen LogP contribution in [0.1, 0.15) is 43.4 Å². The number of nitrogens with zero attached hydrogens (tertiary/aromatic N) is 3. The summed E-state index contributed by atoms with van der Waals surface area (Å²) in [7, 11) is 0. The zero-order valence-corrected chi connectivity index (χ0v) is 12.0. The zero-order valence-electron chi connectivity index (χ0n) is 11.2. The van der Waals surface area contributed by atoms with Gasteiger partial charge in [-0.05, 0) is 38.5 Å². The molecule has 1 aliphatic carbocycles. The van der Waals surface area contributed by atoms with Gasteiger partial charge in [0.25, 0.3) is 5.89 Å². The molecule has 0 aromatic carbocycles. The first-order chi connectivity index (χ1) is 9.07. The Balaban J connectivity index is 1.85. The van der Waals surface area contributed by atoms with E-state index in [2.05, 4.69) is 22.0 Å². The molecule has 1 fully saturated rings. The van der Waals surface area contributed by atoms with Crippen LogP contribution in [0.2, 0.25) is 0 Å². The molecule has 5 nitrogen and oxygen atoms in total. The summed E-state index contributed by atoms with van der Waals surface area (Å²) in [5.74, 6) is 1.91. The molecule has 3 rings (SSSR count). The second-order valence-electron chi connectivity index (χ2n) is 5.51. The van der Waals surface area contributed by atoms with Gasteiger partial charge in [0.15, 0.2) is 5.82 Å². The molecule has 0 radical (unpaired) electrons. The van der Waals surface area contributed by atoms with Crippen LogP contribution >= 0.6 is 11.3 Å². The van der Waals surface area contributed by atoms with Crippen molar-refractivity contribution in [3.05, 3.63) is 17.0 Å². The Morgan fingerprint density at radius 3 is 2.79 bits per heavy atom. The Morgan fingerprint density at radius 2 is 2.16 bits per heavy atom. The molecule has 19 heavy (non-hydrogen) atoms. The van der Waals surface area contributed by atoms with E-state index in [4.69, 9.17) is 10.3 Å². The number of hydrogen-bond donors (Lipinski definition) is 1. The van der Waals surface area contributed by atoms with Gasteiger partial charge in [-0.3, -0.25) is 0 Å². The summed E-state index contributed by atoms with van der Waals surface area (Å²) in [6.45, 7) is 4.22. The van der Waals surface area contributed by atoms with Crippen LogP contribution in [-0.2, 0) is 5.54 Å². The molecular formula is C13H18N4OS. The first-order valence-corrected chi connectivity index (χ1v) is 7.44. The molecule has 2 N–H and O–H groups in total. The van der Waals surface area contributed by atoms with Gasteiger partial charge < -0.3 is 10.3 Å². The predicted molar refractivity (Wildman–Crippen MR) is 73.6 cm³/mol. The molecule has 1 aliphatic rings. The van der Waals surface area contributed by atoms with Gasteiger partial charge >= 0.3 is 0 Å². The van der Waals surface area contributed by atoms with Crippen molar-refractivity contribution >= 4 is 11.3 Å². The Bertz CT molecular complexity index is 569. The van der Waals surface area contributed by atoms with E-state index in [0.29, 0.717) is 11.7 Å². The van der Waals surface area contributed by atoms with Crippen LogP contribution in [0.15, 0.2) is 10.7 Å². The van der Waals surface area contributed by atoms with Crippen molar-refractivity contribution in [2.24, 2.45) is 11.7 Å². The lowest BCUT2D eigenvalue weighted by Gasteiger charge is -2.33. The first-order valence-electron chi connectivity index (χ1n) is 6.63. The molecule has 0 saturated heterocycles. The van der Waals surface area contributed by atoms with E-state index < -0.39 is 5.54 Å². The standard InChI is InChI=1S/C13H18N4OS/c1-8-3-5-13(14,6-4-8)12-16-11(18-17-12)10-7-15-9(2)19-10/h7-8H,3-6,14H2,1-2H3. The van der Waals surface area contributed by atoms with Gasteiger partial charge in [-0.15, -0.1) is 11.3 Å². The van der Waals surface area contributed by atoms with Crippen molar-refractivity contribution in [3.63, 3.8) is 0 Å². The number of hydrogen-bond acceptors (Lipinski definition) is 6. The normalized spacial score (nSPS) is 27.6. The molecule has 1 saturated carbocycles. The summed E-state index contributed by atoms with van der Waals surface area (Å²) in [6.07, 6.45) is 5.87. The molecule has 2 aromatic rings. The maximum Gasteiger partial charge on any atom is 0.269 e. The fourth-order valence-electron chi connectivity index (χ4n) is 2.49. The number of rotatable bonds is 2. The van der Waals surface area contributed by atoms with Gasteiger partial charge in [0, 0.05) is 0 Å². The molecule has 0 amide bonds. The lowest BCUT2D eigenvalue weighted by atomic mass is 9.77. The molecule has 0 bridgehead atoms. The van der Waals surface area contributed by atoms with E-state index >= 15 is 0 Å². The molecular weight excluding hydrogens is 260 g/mol. The van der Waals surface area contributed by atoms with Crippen molar-refractivity contribution in [2.45, 2.75) is 45.1 Å². The average molecular weight is 278 g/mol. The van der Waals surface area contributed by atoms with Crippen LogP contribution in [0.25, 0.3) is 10.8 Å². The minimum atomic E-state index is -0.423. The van der Waals surface area contributed by atoms with Crippen LogP contribution in [0.3, 0.4) is 0 Å². The first kappa shape index (κ1) is 12.7. The maximum absolute atomic E-state index is 6.44. The Morgan fingerprint density at radius 1 is 1.42 bits per heavy atom. The molecule has 2 heterocycles. The van der Waals surface area contributed by atoms with Crippen LogP contribution in [-0.4, -0.2) is 15.1 Å². The van der Waals surface area contributed by atoms with Gasteiger partial charge in [-0.1, -0.05) is 12.1 Å². The van der Waals surface area contributed by atoms with E-state index in [9.17, 15) is 0 Å². The number of thiazole rings is 1. The second kappa shape index (κ2) is 4.68. The third-order valence-corrected chi connectivity index (χ3v) is 4.77. The quantitative estimate of drug-likeness (QED) is 0.914. The highest BCUT2D eigenvalue weighted by Crippen LogP contribution is 2.37. The van der Waals surface area contributed by atoms with Crippen LogP contribution < -0.4 is 5.73 Å². The Hall–Kier alpha value is -1.27. The zero-order chi connectivity index (χ0) is 13.5. The average Bonchev–Trinajstić information content (AvgIpc) is 3.02. The topological polar surface area (TPSA) is 77.8 Å². The van der Waals surface area contributed by atoms with E-state index in [1.165, 1.54) is 0 Å². The third-order valence-electron chi connectivity index (χ3n) is 3.87. The van der Waals surface area contributed by atoms with Crippen molar-refractivity contribution in [1.29, 1.82) is 0 Å². The van der Waals surface area contributed by atoms with Crippen molar-refractivity contribution in [2.75, 3.05) is 0 Å². The molecule has 0 aliphatic heterocycles. The second-order valence-corrected chi connectivity index (χ2v) is 6.74. The van der Waals surface area contributed by atoms with E-state index in [0.717, 1.165) is 41.5 Å². The van der Waals surface area contributed by atoms with E-state index in [1.807, 2.05) is 6.92 Å². The monoisotopic (exact) mass is 278 g/mol. The summed E-state index contributed by atoms with van der Waals surface area (Å²) >= 11 is 1.55. The minimum absolute atomic E-state index is 0.423. The summed E-state index contributed by atoms with van der Waals surface area (Å²) < 4.78 is 5.34. The van der Waals surface area contributed by atoms with Crippen molar-refractivity contribution < 1.29 is 4.52 Å². The van der Waals surface area contributed by atoms with Crippen LogP contribution in [0.4, 0.5) is 0 Å². The molecule has 2 aromatic heterocycles. The van der Waals surface area contributed by atoms with Crippen molar-refractivity contribution in [1.82, 2.24) is 15.1 Å². The van der Waals surface area contributed by atoms with Gasteiger partial charge in [-0.2, -0.15) is 4.98 Å². The number of aryl methyl sites for hydroxylation is 1. The summed E-state index contributed by atoms with van der Waals surface area (Å²) in [6, 6.07) is 0. The lowest BCUT2D eigenvalue weighted by Crippen LogP contribution is -2.41. The summed E-state index contributed by atoms with van der Waals surface area (Å²) in [5.41, 5.74) is 6.02. The molecule has 102 valence electrons. The maximum atomic E-state index is 6.44. The fraction of sp³-hybridized carbons (Fsp3) is 0.615. The predicted octanol–water partition coefficient (Wildman–Crippen LogP) is 2.87. The van der Waals surface area contributed by atoms with E-state index in [1.54, 1.807) is 17.5 Å². The van der Waals surface area contributed by atoms with Crippen molar-refractivity contribution in [3.8, 4) is 10.8 Å². The largest absolute Gasteiger partial charge is 0.333 e. The third kappa shape index (κ3) is 2.42. The Labute approximate surface area is 116 Å². The smallest absolute Gasteiger partial charge is 0.269 e. The summed E-state index contributed by atoms with van der Waals surface area (Å²) in [4.78, 5) is 9.59. The molecule has 0 unspecified atom stereocenters. The highest BCUT2D eigenvalue weighted by Gasteiger charge is 2.36. The van der Waals surface area contributed by atoms with Gasteiger partial charge in [0.05, 0.1) is 16.7 Å². The molecule has 6 heteroatoms. The van der Waals surface area contributed by atoms with E-state index in [-0.39, 0.29) is 0 Å². The molecule has 0 spiro atoms. The van der Waals surface area contributed by atoms with Crippen LogP contribution in [0, 0.1) is 12.8 Å². The van der Waals surface area contributed by atoms with Gasteiger partial charge in [0.1, 0.15) is 4.88 Å². The number of nitrogens with two attached hydrogens (primary N) is 1. The molecule has 0 atom stereocenters. The minimum Gasteiger partial charge on any atom is -0.333 e. The SMILES string of the molecule is Cc1ncc(-c2nc(C3(N)CCC(C)CC3)no2)s1. The highest BCUT2D eigenvalue weighted by atomic mass is 32.1.